The smallest absolute Gasteiger partial charge is 0.380 e. The number of benzene rings is 1. The molecule has 1 aromatic heterocycles. The number of hydrogen-bond acceptors (Lipinski definition) is 4. The molecule has 0 spiro atoms. The Balaban J connectivity index is 2.23. The van der Waals surface area contributed by atoms with Gasteiger partial charge in [0, 0.05) is 33.0 Å². The summed E-state index contributed by atoms with van der Waals surface area (Å²) in [5.41, 5.74) is -2.03. The zero-order valence-electron chi connectivity index (χ0n) is 10.3. The van der Waals surface area contributed by atoms with Crippen LogP contribution in [0.15, 0.2) is 34.1 Å². The van der Waals surface area contributed by atoms with Gasteiger partial charge in [0.05, 0.1) is 4.92 Å². The first-order chi connectivity index (χ1) is 9.77. The van der Waals surface area contributed by atoms with Crippen molar-refractivity contribution in [3.63, 3.8) is 0 Å². The number of alkyl halides is 3. The van der Waals surface area contributed by atoms with Crippen LogP contribution < -0.4 is 5.32 Å². The molecule has 112 valence electrons. The Morgan fingerprint density at radius 2 is 2.05 bits per heavy atom. The van der Waals surface area contributed by atoms with Gasteiger partial charge in [-0.2, -0.15) is 13.2 Å². The molecule has 0 aliphatic carbocycles. The Hall–Kier alpha value is -1.61. The summed E-state index contributed by atoms with van der Waals surface area (Å²) in [6.45, 7) is 0.339. The van der Waals surface area contributed by atoms with E-state index in [-0.39, 0.29) is 5.69 Å². The maximum absolute atomic E-state index is 12.8. The highest BCUT2D eigenvalue weighted by atomic mass is 79.9. The van der Waals surface area contributed by atoms with E-state index in [9.17, 15) is 23.3 Å². The molecular formula is C12H8BrF3N2O2S. The molecule has 4 nitrogen and oxygen atoms in total. The maximum Gasteiger partial charge on any atom is 0.423 e. The molecule has 0 fully saturated rings. The normalized spacial score (nSPS) is 11.4. The lowest BCUT2D eigenvalue weighted by Gasteiger charge is -2.10. The van der Waals surface area contributed by atoms with Gasteiger partial charge in [0.2, 0.25) is 0 Å². The van der Waals surface area contributed by atoms with Crippen molar-refractivity contribution in [2.45, 2.75) is 12.7 Å². The highest BCUT2D eigenvalue weighted by Crippen LogP contribution is 2.37. The number of nitrogens with one attached hydrogen (secondary N) is 1. The molecule has 0 unspecified atom stereocenters. The minimum Gasteiger partial charge on any atom is -0.380 e. The van der Waals surface area contributed by atoms with Crippen LogP contribution in [0.1, 0.15) is 10.4 Å². The summed E-state index contributed by atoms with van der Waals surface area (Å²) < 4.78 is 39.3. The van der Waals surface area contributed by atoms with Crippen LogP contribution >= 0.6 is 27.3 Å². The lowest BCUT2D eigenvalue weighted by molar-refractivity contribution is -0.388. The summed E-state index contributed by atoms with van der Waals surface area (Å²) in [5.74, 6) is 0. The Morgan fingerprint density at radius 3 is 2.57 bits per heavy atom. The van der Waals surface area contributed by atoms with Crippen LogP contribution in [0.4, 0.5) is 24.5 Å². The third kappa shape index (κ3) is 3.94. The third-order valence-electron chi connectivity index (χ3n) is 2.59. The molecule has 1 aromatic carbocycles. The van der Waals surface area contributed by atoms with Crippen molar-refractivity contribution in [2.24, 2.45) is 0 Å². The zero-order chi connectivity index (χ0) is 15.6. The summed E-state index contributed by atoms with van der Waals surface area (Å²) in [6, 6.07) is 4.71. The van der Waals surface area contributed by atoms with Gasteiger partial charge in [-0.3, -0.25) is 10.1 Å². The van der Waals surface area contributed by atoms with Crippen molar-refractivity contribution in [3.05, 3.63) is 54.7 Å². The molecule has 21 heavy (non-hydrogen) atoms. The molecule has 0 aliphatic heterocycles. The van der Waals surface area contributed by atoms with Gasteiger partial charge in [-0.1, -0.05) is 0 Å². The largest absolute Gasteiger partial charge is 0.423 e. The van der Waals surface area contributed by atoms with Gasteiger partial charge in [-0.25, -0.2) is 0 Å². The van der Waals surface area contributed by atoms with Gasteiger partial charge in [-0.05, 0) is 34.1 Å². The fraction of sp³-hybridized carbons (Fsp3) is 0.167. The highest BCUT2D eigenvalue weighted by Gasteiger charge is 2.38. The van der Waals surface area contributed by atoms with E-state index in [2.05, 4.69) is 21.2 Å². The number of anilines is 1. The van der Waals surface area contributed by atoms with Crippen molar-refractivity contribution in [3.8, 4) is 0 Å². The zero-order valence-corrected chi connectivity index (χ0v) is 12.7. The van der Waals surface area contributed by atoms with Crippen molar-refractivity contribution in [1.82, 2.24) is 0 Å². The van der Waals surface area contributed by atoms with E-state index >= 15 is 0 Å². The van der Waals surface area contributed by atoms with Crippen molar-refractivity contribution in [1.29, 1.82) is 0 Å². The van der Waals surface area contributed by atoms with Crippen LogP contribution in [-0.2, 0) is 12.7 Å². The predicted molar refractivity (Wildman–Crippen MR) is 77.4 cm³/mol. The minimum atomic E-state index is -4.77. The van der Waals surface area contributed by atoms with Crippen LogP contribution in [0, 0.1) is 10.1 Å². The SMILES string of the molecule is O=[N+]([O-])c1ccc(NCc2cc(Br)cs2)cc1C(F)(F)F. The van der Waals surface area contributed by atoms with Gasteiger partial charge in [0.25, 0.3) is 5.69 Å². The predicted octanol–water partition coefficient (Wildman–Crippen LogP) is 5.05. The van der Waals surface area contributed by atoms with Crippen LogP contribution in [0.3, 0.4) is 0 Å². The summed E-state index contributed by atoms with van der Waals surface area (Å²) in [4.78, 5) is 10.5. The van der Waals surface area contributed by atoms with Gasteiger partial charge in [0.1, 0.15) is 5.56 Å². The second-order valence-corrected chi connectivity index (χ2v) is 5.98. The highest BCUT2D eigenvalue weighted by molar-refractivity contribution is 9.10. The van der Waals surface area contributed by atoms with E-state index in [1.807, 2.05) is 11.4 Å². The summed E-state index contributed by atoms with van der Waals surface area (Å²) in [5, 5.41) is 15.3. The molecule has 0 saturated heterocycles. The molecule has 0 radical (unpaired) electrons. The monoisotopic (exact) mass is 380 g/mol. The molecule has 1 heterocycles. The quantitative estimate of drug-likeness (QED) is 0.596. The molecular weight excluding hydrogens is 373 g/mol. The van der Waals surface area contributed by atoms with E-state index in [1.54, 1.807) is 0 Å². The third-order valence-corrected chi connectivity index (χ3v) is 4.28. The maximum atomic E-state index is 12.8. The Kier molecular flexibility index (Phi) is 4.52. The Labute approximate surface area is 129 Å². The molecule has 0 atom stereocenters. The van der Waals surface area contributed by atoms with Gasteiger partial charge < -0.3 is 5.32 Å². The molecule has 9 heteroatoms. The fourth-order valence-electron chi connectivity index (χ4n) is 1.67. The summed E-state index contributed by atoms with van der Waals surface area (Å²) in [7, 11) is 0. The number of halogens is 4. The second kappa shape index (κ2) is 6.02. The molecule has 0 saturated carbocycles. The number of nitro groups is 1. The lowest BCUT2D eigenvalue weighted by atomic mass is 10.1. The first-order valence-corrected chi connectivity index (χ1v) is 7.27. The standard InChI is InChI=1S/C12H8BrF3N2O2S/c13-7-3-9(21-6-7)5-17-8-1-2-11(18(19)20)10(4-8)12(14,15)16/h1-4,6,17H,5H2. The van der Waals surface area contributed by atoms with E-state index in [0.717, 1.165) is 21.5 Å². The number of rotatable bonds is 4. The molecule has 1 N–H and O–H groups in total. The van der Waals surface area contributed by atoms with E-state index < -0.39 is 22.4 Å². The van der Waals surface area contributed by atoms with Crippen LogP contribution in [0.25, 0.3) is 0 Å². The Morgan fingerprint density at radius 1 is 1.33 bits per heavy atom. The van der Waals surface area contributed by atoms with E-state index in [0.29, 0.717) is 6.54 Å². The molecule has 2 aromatic rings. The number of thiophene rings is 1. The fourth-order valence-corrected chi connectivity index (χ4v) is 3.06. The average Bonchev–Trinajstić information content (AvgIpc) is 2.81. The molecule has 0 amide bonds. The van der Waals surface area contributed by atoms with Crippen LogP contribution in [0.2, 0.25) is 0 Å². The summed E-state index contributed by atoms with van der Waals surface area (Å²) in [6.07, 6.45) is -4.77. The molecule has 0 bridgehead atoms. The number of hydrogen-bond donors (Lipinski definition) is 1. The average molecular weight is 381 g/mol. The van der Waals surface area contributed by atoms with Crippen molar-refractivity contribution in [2.75, 3.05) is 5.32 Å². The number of nitrogens with zero attached hydrogens (tertiary/aromatic N) is 1. The van der Waals surface area contributed by atoms with Crippen molar-refractivity contribution >= 4 is 38.6 Å². The minimum absolute atomic E-state index is 0.178. The molecule has 0 aliphatic rings. The van der Waals surface area contributed by atoms with Gasteiger partial charge in [0.15, 0.2) is 0 Å². The van der Waals surface area contributed by atoms with Crippen molar-refractivity contribution < 1.29 is 18.1 Å². The first kappa shape index (κ1) is 15.8. The van der Waals surface area contributed by atoms with Gasteiger partial charge >= 0.3 is 6.18 Å². The van der Waals surface area contributed by atoms with Crippen LogP contribution in [0.5, 0.6) is 0 Å². The topological polar surface area (TPSA) is 55.2 Å². The van der Waals surface area contributed by atoms with E-state index in [4.69, 9.17) is 0 Å². The lowest BCUT2D eigenvalue weighted by Crippen LogP contribution is -2.10. The second-order valence-electron chi connectivity index (χ2n) is 4.07. The van der Waals surface area contributed by atoms with E-state index in [1.165, 1.54) is 17.4 Å². The van der Waals surface area contributed by atoms with Crippen LogP contribution in [-0.4, -0.2) is 4.92 Å². The summed E-state index contributed by atoms with van der Waals surface area (Å²) >= 11 is 4.73. The Bertz CT molecular complexity index is 673. The number of nitro benzene ring substituents is 1. The van der Waals surface area contributed by atoms with Gasteiger partial charge in [-0.15, -0.1) is 11.3 Å². The molecule has 2 rings (SSSR count). The first-order valence-electron chi connectivity index (χ1n) is 5.60.